The molecular weight excluding hydrogens is 206 g/mol. The Morgan fingerprint density at radius 2 is 2.12 bits per heavy atom. The largest absolute Gasteiger partial charge is 0.467 e. The van der Waals surface area contributed by atoms with Crippen molar-refractivity contribution in [1.82, 2.24) is 4.98 Å². The summed E-state index contributed by atoms with van der Waals surface area (Å²) in [6, 6.07) is 3.95. The van der Waals surface area contributed by atoms with Crippen LogP contribution in [0, 0.1) is 0 Å². The highest BCUT2D eigenvalue weighted by atomic mass is 16.6. The Bertz CT molecular complexity index is 313. The number of hydrogen-bond acceptors (Lipinski definition) is 4. The molecule has 0 fully saturated rings. The molecule has 16 heavy (non-hydrogen) atoms. The van der Waals surface area contributed by atoms with Gasteiger partial charge in [-0.15, -0.1) is 0 Å². The molecule has 0 N–H and O–H groups in total. The van der Waals surface area contributed by atoms with E-state index in [1.54, 1.807) is 19.3 Å². The van der Waals surface area contributed by atoms with Crippen LogP contribution in [0.15, 0.2) is 24.5 Å². The lowest BCUT2D eigenvalue weighted by Gasteiger charge is -2.10. The number of aryl methyl sites for hydroxylation is 1. The predicted molar refractivity (Wildman–Crippen MR) is 60.0 cm³/mol. The van der Waals surface area contributed by atoms with E-state index >= 15 is 0 Å². The van der Waals surface area contributed by atoms with E-state index in [-0.39, 0.29) is 5.97 Å². The Labute approximate surface area is 95.6 Å². The molecule has 0 unspecified atom stereocenters. The van der Waals surface area contributed by atoms with Gasteiger partial charge >= 0.3 is 5.97 Å². The maximum atomic E-state index is 11.0. The SMILES string of the molecule is COC(=O)[C@H](C)OCCCc1ccncc1. The number of methoxy groups -OCH3 is 1. The average molecular weight is 223 g/mol. The number of pyridine rings is 1. The molecule has 0 spiro atoms. The van der Waals surface area contributed by atoms with Crippen molar-refractivity contribution < 1.29 is 14.3 Å². The molecule has 1 aromatic rings. The van der Waals surface area contributed by atoms with Crippen molar-refractivity contribution in [2.45, 2.75) is 25.9 Å². The molecule has 1 rings (SSSR count). The summed E-state index contributed by atoms with van der Waals surface area (Å²) < 4.78 is 9.88. The molecule has 1 heterocycles. The van der Waals surface area contributed by atoms with E-state index in [9.17, 15) is 4.79 Å². The molecule has 1 aromatic heterocycles. The molecule has 0 aromatic carbocycles. The highest BCUT2D eigenvalue weighted by molar-refractivity contribution is 5.73. The van der Waals surface area contributed by atoms with E-state index in [0.29, 0.717) is 6.61 Å². The Morgan fingerprint density at radius 1 is 1.44 bits per heavy atom. The van der Waals surface area contributed by atoms with Crippen molar-refractivity contribution in [1.29, 1.82) is 0 Å². The van der Waals surface area contributed by atoms with Gasteiger partial charge in [0, 0.05) is 19.0 Å². The van der Waals surface area contributed by atoms with Crippen LogP contribution in [0.5, 0.6) is 0 Å². The molecule has 1 atom stereocenters. The fraction of sp³-hybridized carbons (Fsp3) is 0.500. The molecule has 0 radical (unpaired) electrons. The zero-order valence-corrected chi connectivity index (χ0v) is 9.68. The molecule has 88 valence electrons. The van der Waals surface area contributed by atoms with Crippen LogP contribution in [0.2, 0.25) is 0 Å². The average Bonchev–Trinajstić information content (AvgIpc) is 2.34. The molecular formula is C12H17NO3. The van der Waals surface area contributed by atoms with E-state index in [4.69, 9.17) is 4.74 Å². The maximum absolute atomic E-state index is 11.0. The summed E-state index contributed by atoms with van der Waals surface area (Å²) in [7, 11) is 1.36. The van der Waals surface area contributed by atoms with Gasteiger partial charge in [0.25, 0.3) is 0 Å². The molecule has 0 amide bonds. The molecule has 0 aliphatic carbocycles. The first-order chi connectivity index (χ1) is 7.74. The van der Waals surface area contributed by atoms with Gasteiger partial charge in [0.05, 0.1) is 7.11 Å². The van der Waals surface area contributed by atoms with Crippen LogP contribution in [0.1, 0.15) is 18.9 Å². The summed E-state index contributed by atoms with van der Waals surface area (Å²) in [5.74, 6) is -0.330. The van der Waals surface area contributed by atoms with Crippen LogP contribution in [0.4, 0.5) is 0 Å². The Morgan fingerprint density at radius 3 is 2.75 bits per heavy atom. The Hall–Kier alpha value is -1.42. The predicted octanol–water partition coefficient (Wildman–Crippen LogP) is 1.59. The van der Waals surface area contributed by atoms with E-state index < -0.39 is 6.10 Å². The van der Waals surface area contributed by atoms with Crippen molar-refractivity contribution in [3.05, 3.63) is 30.1 Å². The second-order valence-electron chi connectivity index (χ2n) is 3.50. The Balaban J connectivity index is 2.15. The third kappa shape index (κ3) is 4.40. The standard InChI is InChI=1S/C12H17NO3/c1-10(12(14)15-2)16-9-3-4-11-5-7-13-8-6-11/h5-8,10H,3-4,9H2,1-2H3/t10-/m0/s1. The normalized spacial score (nSPS) is 12.1. The minimum absolute atomic E-state index is 0.330. The van der Waals surface area contributed by atoms with Gasteiger partial charge in [0.1, 0.15) is 0 Å². The number of carbonyl (C=O) groups excluding carboxylic acids is 1. The fourth-order valence-corrected chi connectivity index (χ4v) is 1.32. The molecule has 4 nitrogen and oxygen atoms in total. The summed E-state index contributed by atoms with van der Waals surface area (Å²) in [5.41, 5.74) is 1.23. The number of aromatic nitrogens is 1. The van der Waals surface area contributed by atoms with Crippen molar-refractivity contribution in [3.63, 3.8) is 0 Å². The summed E-state index contributed by atoms with van der Waals surface area (Å²) in [4.78, 5) is 15.0. The first-order valence-electron chi connectivity index (χ1n) is 5.32. The Kier molecular flexibility index (Phi) is 5.50. The number of carbonyl (C=O) groups is 1. The van der Waals surface area contributed by atoms with Crippen LogP contribution in [0.25, 0.3) is 0 Å². The third-order valence-electron chi connectivity index (χ3n) is 2.26. The van der Waals surface area contributed by atoms with Gasteiger partial charge in [-0.25, -0.2) is 4.79 Å². The van der Waals surface area contributed by atoms with Crippen LogP contribution in [-0.2, 0) is 20.7 Å². The second kappa shape index (κ2) is 6.95. The molecule has 0 saturated carbocycles. The van der Waals surface area contributed by atoms with E-state index in [2.05, 4.69) is 9.72 Å². The molecule has 0 aliphatic heterocycles. The van der Waals surface area contributed by atoms with Crippen molar-refractivity contribution in [3.8, 4) is 0 Å². The van der Waals surface area contributed by atoms with Crippen molar-refractivity contribution >= 4 is 5.97 Å². The monoisotopic (exact) mass is 223 g/mol. The topological polar surface area (TPSA) is 48.4 Å². The van der Waals surface area contributed by atoms with Gasteiger partial charge in [-0.1, -0.05) is 0 Å². The first-order valence-corrected chi connectivity index (χ1v) is 5.32. The zero-order valence-electron chi connectivity index (χ0n) is 9.68. The quantitative estimate of drug-likeness (QED) is 0.543. The van der Waals surface area contributed by atoms with Gasteiger partial charge in [-0.05, 0) is 37.5 Å². The lowest BCUT2D eigenvalue weighted by Crippen LogP contribution is -2.22. The second-order valence-corrected chi connectivity index (χ2v) is 3.50. The molecule has 4 heteroatoms. The lowest BCUT2D eigenvalue weighted by molar-refractivity contribution is -0.152. The van der Waals surface area contributed by atoms with Crippen LogP contribution in [-0.4, -0.2) is 30.8 Å². The summed E-state index contributed by atoms with van der Waals surface area (Å²) >= 11 is 0. The van der Waals surface area contributed by atoms with Gasteiger partial charge in [-0.3, -0.25) is 4.98 Å². The van der Waals surface area contributed by atoms with Crippen molar-refractivity contribution in [2.24, 2.45) is 0 Å². The molecule has 0 aliphatic rings. The summed E-state index contributed by atoms with van der Waals surface area (Å²) in [6.07, 6.45) is 4.87. The molecule has 0 saturated heterocycles. The molecule has 0 bridgehead atoms. The zero-order chi connectivity index (χ0) is 11.8. The number of esters is 1. The highest BCUT2D eigenvalue weighted by Crippen LogP contribution is 2.02. The smallest absolute Gasteiger partial charge is 0.334 e. The van der Waals surface area contributed by atoms with E-state index in [1.165, 1.54) is 12.7 Å². The first kappa shape index (κ1) is 12.6. The fourth-order valence-electron chi connectivity index (χ4n) is 1.32. The summed E-state index contributed by atoms with van der Waals surface area (Å²) in [6.45, 7) is 2.25. The van der Waals surface area contributed by atoms with E-state index in [0.717, 1.165) is 12.8 Å². The van der Waals surface area contributed by atoms with Crippen molar-refractivity contribution in [2.75, 3.05) is 13.7 Å². The lowest BCUT2D eigenvalue weighted by atomic mass is 10.1. The van der Waals surface area contributed by atoms with E-state index in [1.807, 2.05) is 12.1 Å². The third-order valence-corrected chi connectivity index (χ3v) is 2.26. The van der Waals surface area contributed by atoms with Crippen LogP contribution >= 0.6 is 0 Å². The summed E-state index contributed by atoms with van der Waals surface area (Å²) in [5, 5.41) is 0. The van der Waals surface area contributed by atoms with Crippen LogP contribution < -0.4 is 0 Å². The maximum Gasteiger partial charge on any atom is 0.334 e. The highest BCUT2D eigenvalue weighted by Gasteiger charge is 2.12. The number of ether oxygens (including phenoxy) is 2. The van der Waals surface area contributed by atoms with Gasteiger partial charge in [0.2, 0.25) is 0 Å². The van der Waals surface area contributed by atoms with Gasteiger partial charge < -0.3 is 9.47 Å². The number of nitrogens with zero attached hydrogens (tertiary/aromatic N) is 1. The van der Waals surface area contributed by atoms with Gasteiger partial charge in [-0.2, -0.15) is 0 Å². The van der Waals surface area contributed by atoms with Gasteiger partial charge in [0.15, 0.2) is 6.10 Å². The number of hydrogen-bond donors (Lipinski definition) is 0. The van der Waals surface area contributed by atoms with Crippen LogP contribution in [0.3, 0.4) is 0 Å². The number of rotatable bonds is 6. The minimum Gasteiger partial charge on any atom is -0.467 e. The minimum atomic E-state index is -0.484.